The summed E-state index contributed by atoms with van der Waals surface area (Å²) in [6, 6.07) is 0. The van der Waals surface area contributed by atoms with Gasteiger partial charge in [-0.25, -0.2) is 0 Å². The summed E-state index contributed by atoms with van der Waals surface area (Å²) in [6.07, 6.45) is 2.64. The topological polar surface area (TPSA) is 0 Å². The number of rotatable bonds is 1. The van der Waals surface area contributed by atoms with Gasteiger partial charge in [0.05, 0.1) is 0 Å². The molecule has 0 unspecified atom stereocenters. The Balaban J connectivity index is -0.0000000450. The van der Waals surface area contributed by atoms with E-state index < -0.39 is 0 Å². The molecule has 2 heteroatoms. The second kappa shape index (κ2) is 17.0. The van der Waals surface area contributed by atoms with Gasteiger partial charge in [-0.1, -0.05) is 26.7 Å². The molecule has 0 heterocycles. The van der Waals surface area contributed by atoms with Crippen LogP contribution in [0.25, 0.3) is 0 Å². The molecular weight excluding hydrogens is 110 g/mol. The Morgan fingerprint density at radius 2 is 1.17 bits per heavy atom. The minimum atomic E-state index is 0. The van der Waals surface area contributed by atoms with Crippen molar-refractivity contribution in [3.8, 4) is 0 Å². The fourth-order valence-corrected chi connectivity index (χ4v) is 0. The molecule has 0 N–H and O–H groups in total. The fourth-order valence-electron chi connectivity index (χ4n) is 0. The Morgan fingerprint density at radius 1 is 1.00 bits per heavy atom. The maximum Gasteiger partial charge on any atom is 3.00 e. The van der Waals surface area contributed by atoms with Gasteiger partial charge in [-0.3, -0.25) is 0 Å². The van der Waals surface area contributed by atoms with E-state index in [2.05, 4.69) is 13.8 Å². The zero-order valence-corrected chi connectivity index (χ0v) is 6.28. The first-order valence-electron chi connectivity index (χ1n) is 1.91. The third-order valence-electron chi connectivity index (χ3n) is 0.500. The van der Waals surface area contributed by atoms with Crippen LogP contribution >= 0.6 is 0 Å². The molecule has 0 aliphatic carbocycles. The molecule has 0 spiro atoms. The van der Waals surface area contributed by atoms with Crippen LogP contribution in [0.15, 0.2) is 0 Å². The Hall–Kier alpha value is 0.822. The molecule has 0 aromatic carbocycles. The average molecular weight is 121 g/mol. The third-order valence-corrected chi connectivity index (χ3v) is 0.500. The molecule has 0 atom stereocenters. The summed E-state index contributed by atoms with van der Waals surface area (Å²) in [5, 5.41) is 0. The Morgan fingerprint density at radius 3 is 1.17 bits per heavy atom. The summed E-state index contributed by atoms with van der Waals surface area (Å²) in [7, 11) is 0. The molecule has 0 fully saturated rings. The quantitative estimate of drug-likeness (QED) is 0.367. The predicted octanol–water partition coefficient (Wildman–Crippen LogP) is -1.57. The summed E-state index contributed by atoms with van der Waals surface area (Å²) >= 11 is 0. The van der Waals surface area contributed by atoms with E-state index >= 15 is 0 Å². The minimum Gasteiger partial charge on any atom is -1.00 e. The van der Waals surface area contributed by atoms with E-state index in [-0.39, 0.29) is 29.8 Å². The molecule has 0 bridgehead atoms. The van der Waals surface area contributed by atoms with Crippen LogP contribution in [-0.2, 0) is 0 Å². The second-order valence-corrected chi connectivity index (χ2v) is 1.000. The van der Waals surface area contributed by atoms with E-state index in [9.17, 15) is 0 Å². The average Bonchev–Trinajstić information content (AvgIpc) is 1.37. The van der Waals surface area contributed by atoms with Gasteiger partial charge in [0.15, 0.2) is 0 Å². The predicted molar refractivity (Wildman–Crippen MR) is 26.3 cm³/mol. The van der Waals surface area contributed by atoms with Crippen molar-refractivity contribution in [1.82, 2.24) is 0 Å². The summed E-state index contributed by atoms with van der Waals surface area (Å²) in [6.45, 7) is 4.36. The van der Waals surface area contributed by atoms with E-state index in [1.165, 1.54) is 12.8 Å². The molecule has 0 aromatic heterocycles. The zero-order chi connectivity index (χ0) is 3.41. The van der Waals surface area contributed by atoms with Crippen molar-refractivity contribution in [2.75, 3.05) is 0 Å². The smallest absolute Gasteiger partial charge is 1.00 e. The van der Waals surface area contributed by atoms with Crippen molar-refractivity contribution in [3.63, 3.8) is 0 Å². The van der Waals surface area contributed by atoms with Gasteiger partial charge in [0, 0.05) is 0 Å². The molecule has 0 saturated heterocycles. The Bertz CT molecular complexity index is 9.51. The molecule has 0 rings (SSSR count). The number of halogens is 1. The van der Waals surface area contributed by atoms with Gasteiger partial charge in [-0.2, -0.15) is 0 Å². The SMILES string of the molecule is CCCC.[Al+3].[Cl-]. The van der Waals surface area contributed by atoms with Crippen LogP contribution in [0.2, 0.25) is 0 Å². The van der Waals surface area contributed by atoms with E-state index in [0.717, 1.165) is 0 Å². The van der Waals surface area contributed by atoms with Gasteiger partial charge in [-0.05, 0) is 0 Å². The molecule has 0 nitrogen and oxygen atoms in total. The maximum atomic E-state index is 2.18. The Labute approximate surface area is 56.9 Å². The van der Waals surface area contributed by atoms with Crippen molar-refractivity contribution in [1.29, 1.82) is 0 Å². The van der Waals surface area contributed by atoms with E-state index in [1.807, 2.05) is 0 Å². The molecular formula is C4H10AlCl+2. The van der Waals surface area contributed by atoms with E-state index in [1.54, 1.807) is 0 Å². The summed E-state index contributed by atoms with van der Waals surface area (Å²) in [5.74, 6) is 0. The normalized spacial score (nSPS) is 5.00. The van der Waals surface area contributed by atoms with Gasteiger partial charge < -0.3 is 12.4 Å². The second-order valence-electron chi connectivity index (χ2n) is 1.000. The minimum absolute atomic E-state index is 0. The fraction of sp³-hybridized carbons (Fsp3) is 1.00. The van der Waals surface area contributed by atoms with Crippen LogP contribution in [0.1, 0.15) is 26.7 Å². The monoisotopic (exact) mass is 120 g/mol. The third kappa shape index (κ3) is 21.2. The van der Waals surface area contributed by atoms with Crippen LogP contribution in [-0.4, -0.2) is 17.4 Å². The zero-order valence-electron chi connectivity index (χ0n) is 4.37. The number of hydrogen-bond acceptors (Lipinski definition) is 0. The van der Waals surface area contributed by atoms with Crippen LogP contribution in [0.4, 0.5) is 0 Å². The summed E-state index contributed by atoms with van der Waals surface area (Å²) in [4.78, 5) is 0. The summed E-state index contributed by atoms with van der Waals surface area (Å²) < 4.78 is 0. The van der Waals surface area contributed by atoms with Crippen LogP contribution in [0.5, 0.6) is 0 Å². The molecule has 0 amide bonds. The Kier molecular flexibility index (Phi) is 44.8. The van der Waals surface area contributed by atoms with Crippen molar-refractivity contribution >= 4 is 17.4 Å². The number of hydrogen-bond donors (Lipinski definition) is 0. The van der Waals surface area contributed by atoms with Crippen LogP contribution < -0.4 is 12.4 Å². The molecule has 0 aliphatic rings. The molecule has 34 valence electrons. The first-order valence-corrected chi connectivity index (χ1v) is 1.91. The molecule has 0 aliphatic heterocycles. The van der Waals surface area contributed by atoms with Gasteiger partial charge >= 0.3 is 17.4 Å². The molecule has 6 heavy (non-hydrogen) atoms. The van der Waals surface area contributed by atoms with Gasteiger partial charge in [0.1, 0.15) is 0 Å². The van der Waals surface area contributed by atoms with Gasteiger partial charge in [0.2, 0.25) is 0 Å². The van der Waals surface area contributed by atoms with Crippen molar-refractivity contribution in [3.05, 3.63) is 0 Å². The van der Waals surface area contributed by atoms with Crippen LogP contribution in [0.3, 0.4) is 0 Å². The van der Waals surface area contributed by atoms with Gasteiger partial charge in [0.25, 0.3) is 0 Å². The first-order chi connectivity index (χ1) is 1.91. The van der Waals surface area contributed by atoms with Gasteiger partial charge in [-0.15, -0.1) is 0 Å². The standard InChI is InChI=1S/C4H10.Al.ClH/c1-3-4-2;;/h3-4H2,1-2H3;;1H/q;+3;/p-1. The number of unbranched alkanes of at least 4 members (excludes halogenated alkanes) is 1. The molecule has 0 aromatic rings. The van der Waals surface area contributed by atoms with Crippen LogP contribution in [0, 0.1) is 0 Å². The maximum absolute atomic E-state index is 2.18. The molecule has 0 saturated carbocycles. The van der Waals surface area contributed by atoms with E-state index in [4.69, 9.17) is 0 Å². The van der Waals surface area contributed by atoms with Crippen molar-refractivity contribution in [2.45, 2.75) is 26.7 Å². The van der Waals surface area contributed by atoms with Crippen molar-refractivity contribution in [2.24, 2.45) is 0 Å². The van der Waals surface area contributed by atoms with E-state index in [0.29, 0.717) is 0 Å². The first kappa shape index (κ1) is 15.8. The largest absolute Gasteiger partial charge is 3.00 e. The molecule has 0 radical (unpaired) electrons. The summed E-state index contributed by atoms with van der Waals surface area (Å²) in [5.41, 5.74) is 0. The van der Waals surface area contributed by atoms with Crippen molar-refractivity contribution < 1.29 is 12.4 Å².